The molecule has 30 heavy (non-hydrogen) atoms. The first kappa shape index (κ1) is 17.8. The van der Waals surface area contributed by atoms with E-state index in [2.05, 4.69) is 28.4 Å². The van der Waals surface area contributed by atoms with Crippen molar-refractivity contribution in [1.29, 1.82) is 0 Å². The summed E-state index contributed by atoms with van der Waals surface area (Å²) in [5.74, 6) is -1.01. The monoisotopic (exact) mass is 391 g/mol. The number of rotatable bonds is 4. The fourth-order valence-corrected chi connectivity index (χ4v) is 3.49. The molecular weight excluding hydrogens is 374 g/mol. The molecule has 0 aliphatic carbocycles. The third-order valence-electron chi connectivity index (χ3n) is 5.01. The Morgan fingerprint density at radius 2 is 1.40 bits per heavy atom. The number of hydrogen-bond acceptors (Lipinski definition) is 3. The average molecular weight is 391 g/mol. The molecule has 0 bridgehead atoms. The van der Waals surface area contributed by atoms with Gasteiger partial charge in [-0.1, -0.05) is 78.9 Å². The zero-order chi connectivity index (χ0) is 20.5. The number of benzene rings is 4. The number of carbonyl (C=O) groups is 1. The summed E-state index contributed by atoms with van der Waals surface area (Å²) >= 11 is 0. The zero-order valence-electron chi connectivity index (χ0n) is 15.9. The minimum atomic E-state index is -1.01. The minimum absolute atomic E-state index is 0.150. The standard InChI is InChI=1S/C25H17N3O2/c29-25(30)22-16-19-8-4-5-9-21(19)23-24(22)27-28(26-23)20-14-12-18(13-15-20)11-10-17-6-2-1-3-7-17/h1-16H,(H,29,30). The van der Waals surface area contributed by atoms with Crippen LogP contribution in [-0.2, 0) is 0 Å². The second-order valence-corrected chi connectivity index (χ2v) is 6.97. The number of aromatic nitrogens is 3. The van der Waals surface area contributed by atoms with Crippen LogP contribution in [0.25, 0.3) is 39.6 Å². The van der Waals surface area contributed by atoms with Crippen LogP contribution in [0, 0.1) is 0 Å². The highest BCUT2D eigenvalue weighted by Gasteiger charge is 2.17. The van der Waals surface area contributed by atoms with Crippen LogP contribution in [0.4, 0.5) is 0 Å². The topological polar surface area (TPSA) is 68.0 Å². The Morgan fingerprint density at radius 1 is 0.767 bits per heavy atom. The third-order valence-corrected chi connectivity index (χ3v) is 5.01. The number of nitrogens with zero attached hydrogens (tertiary/aromatic N) is 3. The molecule has 0 atom stereocenters. The van der Waals surface area contributed by atoms with Crippen molar-refractivity contribution in [2.75, 3.05) is 0 Å². The lowest BCUT2D eigenvalue weighted by molar-refractivity contribution is 0.0699. The Morgan fingerprint density at radius 3 is 2.13 bits per heavy atom. The van der Waals surface area contributed by atoms with E-state index in [1.54, 1.807) is 6.07 Å². The molecule has 0 saturated carbocycles. The molecule has 1 heterocycles. The van der Waals surface area contributed by atoms with Crippen molar-refractivity contribution in [2.45, 2.75) is 0 Å². The molecule has 1 N–H and O–H groups in total. The van der Waals surface area contributed by atoms with E-state index in [1.165, 1.54) is 4.80 Å². The van der Waals surface area contributed by atoms with E-state index in [0.717, 1.165) is 27.6 Å². The van der Waals surface area contributed by atoms with Gasteiger partial charge in [0.25, 0.3) is 0 Å². The van der Waals surface area contributed by atoms with Crippen LogP contribution >= 0.6 is 0 Å². The fraction of sp³-hybridized carbons (Fsp3) is 0. The molecular formula is C25H17N3O2. The maximum Gasteiger partial charge on any atom is 0.338 e. The Hall–Kier alpha value is -4.25. The second kappa shape index (κ2) is 7.29. The number of carboxylic acids is 1. The third kappa shape index (κ3) is 3.22. The van der Waals surface area contributed by atoms with Crippen molar-refractivity contribution in [1.82, 2.24) is 15.0 Å². The first-order valence-corrected chi connectivity index (χ1v) is 9.55. The van der Waals surface area contributed by atoms with Gasteiger partial charge in [-0.15, -0.1) is 10.2 Å². The predicted octanol–water partition coefficient (Wildman–Crippen LogP) is 5.44. The molecule has 0 spiro atoms. The summed E-state index contributed by atoms with van der Waals surface area (Å²) in [5.41, 5.74) is 4.07. The fourth-order valence-electron chi connectivity index (χ4n) is 3.49. The SMILES string of the molecule is O=C(O)c1cc2ccccc2c2nn(-c3ccc(C=Cc4ccccc4)cc3)nc12. The molecule has 0 amide bonds. The van der Waals surface area contributed by atoms with Crippen LogP contribution in [0.2, 0.25) is 0 Å². The maximum absolute atomic E-state index is 11.8. The van der Waals surface area contributed by atoms with Gasteiger partial charge in [0.2, 0.25) is 0 Å². The van der Waals surface area contributed by atoms with E-state index in [-0.39, 0.29) is 5.56 Å². The van der Waals surface area contributed by atoms with Crippen molar-refractivity contribution < 1.29 is 9.90 Å². The Balaban J connectivity index is 1.55. The Kier molecular flexibility index (Phi) is 4.33. The van der Waals surface area contributed by atoms with Crippen LogP contribution in [0.3, 0.4) is 0 Å². The molecule has 0 aliphatic heterocycles. The van der Waals surface area contributed by atoms with Gasteiger partial charge < -0.3 is 5.11 Å². The highest BCUT2D eigenvalue weighted by atomic mass is 16.4. The number of fused-ring (bicyclic) bond motifs is 3. The first-order chi connectivity index (χ1) is 14.7. The van der Waals surface area contributed by atoms with Crippen LogP contribution in [0.5, 0.6) is 0 Å². The maximum atomic E-state index is 11.8. The molecule has 0 saturated heterocycles. The number of hydrogen-bond donors (Lipinski definition) is 1. The Bertz CT molecular complexity index is 1400. The normalized spacial score (nSPS) is 11.5. The summed E-state index contributed by atoms with van der Waals surface area (Å²) in [6, 6.07) is 27.2. The number of aromatic carboxylic acids is 1. The molecule has 5 rings (SSSR count). The van der Waals surface area contributed by atoms with E-state index in [0.29, 0.717) is 11.0 Å². The molecule has 144 valence electrons. The molecule has 1 aromatic heterocycles. The van der Waals surface area contributed by atoms with E-state index in [9.17, 15) is 9.90 Å². The second-order valence-electron chi connectivity index (χ2n) is 6.97. The quantitative estimate of drug-likeness (QED) is 0.414. The molecule has 0 fully saturated rings. The highest BCUT2D eigenvalue weighted by Crippen LogP contribution is 2.27. The van der Waals surface area contributed by atoms with Gasteiger partial charge >= 0.3 is 5.97 Å². The minimum Gasteiger partial charge on any atom is -0.478 e. The smallest absolute Gasteiger partial charge is 0.338 e. The molecule has 0 radical (unpaired) electrons. The van der Waals surface area contributed by atoms with E-state index >= 15 is 0 Å². The van der Waals surface area contributed by atoms with E-state index < -0.39 is 5.97 Å². The van der Waals surface area contributed by atoms with Gasteiger partial charge in [-0.05, 0) is 34.7 Å². The molecule has 0 unspecified atom stereocenters. The van der Waals surface area contributed by atoms with Gasteiger partial charge in [0.05, 0.1) is 11.3 Å². The van der Waals surface area contributed by atoms with Gasteiger partial charge in [0.1, 0.15) is 11.0 Å². The van der Waals surface area contributed by atoms with E-state index in [4.69, 9.17) is 0 Å². The summed E-state index contributed by atoms with van der Waals surface area (Å²) < 4.78 is 0. The first-order valence-electron chi connectivity index (χ1n) is 9.55. The lowest BCUT2D eigenvalue weighted by atomic mass is 10.0. The Labute approximate surface area is 172 Å². The van der Waals surface area contributed by atoms with Crippen LogP contribution in [-0.4, -0.2) is 26.1 Å². The summed E-state index contributed by atoms with van der Waals surface area (Å²) in [4.78, 5) is 13.2. The zero-order valence-corrected chi connectivity index (χ0v) is 15.9. The summed E-state index contributed by atoms with van der Waals surface area (Å²) in [6.45, 7) is 0. The molecule has 4 aromatic carbocycles. The largest absolute Gasteiger partial charge is 0.478 e. The molecule has 5 aromatic rings. The lowest BCUT2D eigenvalue weighted by Crippen LogP contribution is -2.00. The number of carboxylic acid groups (broad SMARTS) is 1. The van der Waals surface area contributed by atoms with Crippen LogP contribution < -0.4 is 0 Å². The van der Waals surface area contributed by atoms with Crippen molar-refractivity contribution in [2.24, 2.45) is 0 Å². The van der Waals surface area contributed by atoms with Gasteiger partial charge in [-0.2, -0.15) is 4.80 Å². The summed E-state index contributed by atoms with van der Waals surface area (Å²) in [5, 5.41) is 20.4. The van der Waals surface area contributed by atoms with Crippen LogP contribution in [0.15, 0.2) is 84.9 Å². The highest BCUT2D eigenvalue weighted by molar-refractivity contribution is 6.12. The van der Waals surface area contributed by atoms with Crippen LogP contribution in [0.1, 0.15) is 21.5 Å². The predicted molar refractivity (Wildman–Crippen MR) is 119 cm³/mol. The van der Waals surface area contributed by atoms with Crippen molar-refractivity contribution >= 4 is 39.9 Å². The van der Waals surface area contributed by atoms with Gasteiger partial charge in [0, 0.05) is 5.39 Å². The summed E-state index contributed by atoms with van der Waals surface area (Å²) in [7, 11) is 0. The van der Waals surface area contributed by atoms with Gasteiger partial charge in [-0.25, -0.2) is 4.79 Å². The van der Waals surface area contributed by atoms with Gasteiger partial charge in [0.15, 0.2) is 0 Å². The molecule has 5 heteroatoms. The molecule has 0 aliphatic rings. The molecule has 5 nitrogen and oxygen atoms in total. The van der Waals surface area contributed by atoms with Crippen molar-refractivity contribution in [3.8, 4) is 5.69 Å². The van der Waals surface area contributed by atoms with E-state index in [1.807, 2.05) is 72.8 Å². The van der Waals surface area contributed by atoms with Crippen molar-refractivity contribution in [3.63, 3.8) is 0 Å². The van der Waals surface area contributed by atoms with Gasteiger partial charge in [-0.3, -0.25) is 0 Å². The summed E-state index contributed by atoms with van der Waals surface area (Å²) in [6.07, 6.45) is 4.10. The lowest BCUT2D eigenvalue weighted by Gasteiger charge is -2.00. The average Bonchev–Trinajstić information content (AvgIpc) is 3.24. The van der Waals surface area contributed by atoms with Crippen molar-refractivity contribution in [3.05, 3.63) is 102 Å².